The second kappa shape index (κ2) is 11.4. The SMILES string of the molecule is O=C(NCCn1c(=O)c(-c2cccnc2)nc2cnc(NCc3ccc(Cl)c(Cl)c3)nc21)c1ccccc1. The molecule has 38 heavy (non-hydrogen) atoms. The van der Waals surface area contributed by atoms with Crippen molar-refractivity contribution in [1.82, 2.24) is 29.8 Å². The van der Waals surface area contributed by atoms with E-state index in [1.54, 1.807) is 67.1 Å². The molecule has 5 aromatic rings. The van der Waals surface area contributed by atoms with Crippen molar-refractivity contribution < 1.29 is 4.79 Å². The maximum absolute atomic E-state index is 13.5. The van der Waals surface area contributed by atoms with Crippen LogP contribution in [-0.2, 0) is 13.1 Å². The van der Waals surface area contributed by atoms with Crippen LogP contribution in [0.25, 0.3) is 22.4 Å². The molecule has 190 valence electrons. The van der Waals surface area contributed by atoms with Crippen LogP contribution in [0, 0.1) is 0 Å². The number of carbonyl (C=O) groups excluding carboxylic acids is 1. The molecule has 0 aliphatic heterocycles. The zero-order chi connectivity index (χ0) is 26.5. The van der Waals surface area contributed by atoms with Gasteiger partial charge >= 0.3 is 0 Å². The zero-order valence-corrected chi connectivity index (χ0v) is 21.4. The van der Waals surface area contributed by atoms with Gasteiger partial charge in [-0.1, -0.05) is 47.5 Å². The molecular formula is C27H21Cl2N7O2. The first kappa shape index (κ1) is 25.3. The second-order valence-electron chi connectivity index (χ2n) is 8.29. The van der Waals surface area contributed by atoms with Crippen molar-refractivity contribution in [1.29, 1.82) is 0 Å². The lowest BCUT2D eigenvalue weighted by molar-refractivity contribution is 0.0952. The highest BCUT2D eigenvalue weighted by Crippen LogP contribution is 2.23. The van der Waals surface area contributed by atoms with Crippen LogP contribution in [-0.4, -0.2) is 37.0 Å². The Hall–Kier alpha value is -4.34. The average Bonchev–Trinajstić information content (AvgIpc) is 2.95. The fourth-order valence-corrected chi connectivity index (χ4v) is 4.14. The van der Waals surface area contributed by atoms with Crippen LogP contribution in [0.3, 0.4) is 0 Å². The largest absolute Gasteiger partial charge is 0.350 e. The van der Waals surface area contributed by atoms with Crippen molar-refractivity contribution in [2.75, 3.05) is 11.9 Å². The number of nitrogens with zero attached hydrogens (tertiary/aromatic N) is 5. The molecule has 0 fully saturated rings. The van der Waals surface area contributed by atoms with Gasteiger partial charge in [0.25, 0.3) is 11.5 Å². The Morgan fingerprint density at radius 2 is 1.79 bits per heavy atom. The molecule has 0 atom stereocenters. The number of hydrogen-bond acceptors (Lipinski definition) is 7. The highest BCUT2D eigenvalue weighted by atomic mass is 35.5. The topological polar surface area (TPSA) is 115 Å². The van der Waals surface area contributed by atoms with Crippen molar-refractivity contribution in [3.8, 4) is 11.3 Å². The molecule has 0 radical (unpaired) electrons. The first-order valence-corrected chi connectivity index (χ1v) is 12.4. The number of nitrogens with one attached hydrogen (secondary N) is 2. The molecule has 0 aliphatic carbocycles. The summed E-state index contributed by atoms with van der Waals surface area (Å²) >= 11 is 12.1. The van der Waals surface area contributed by atoms with Gasteiger partial charge in [0.05, 0.1) is 16.2 Å². The molecule has 0 bridgehead atoms. The van der Waals surface area contributed by atoms with E-state index >= 15 is 0 Å². The molecule has 3 aromatic heterocycles. The summed E-state index contributed by atoms with van der Waals surface area (Å²) in [5, 5.41) is 6.91. The van der Waals surface area contributed by atoms with E-state index in [1.165, 1.54) is 4.57 Å². The zero-order valence-electron chi connectivity index (χ0n) is 19.9. The number of rotatable bonds is 8. The Bertz CT molecular complexity index is 1660. The van der Waals surface area contributed by atoms with Crippen molar-refractivity contribution in [3.05, 3.63) is 111 Å². The van der Waals surface area contributed by atoms with Crippen molar-refractivity contribution in [3.63, 3.8) is 0 Å². The molecule has 3 heterocycles. The Labute approximate surface area is 227 Å². The number of carbonyl (C=O) groups is 1. The molecule has 0 spiro atoms. The lowest BCUT2D eigenvalue weighted by Gasteiger charge is -2.13. The number of pyridine rings is 1. The van der Waals surface area contributed by atoms with E-state index < -0.39 is 0 Å². The molecule has 2 aromatic carbocycles. The maximum Gasteiger partial charge on any atom is 0.278 e. The van der Waals surface area contributed by atoms with Gasteiger partial charge in [0.2, 0.25) is 5.95 Å². The number of halogens is 2. The van der Waals surface area contributed by atoms with E-state index in [0.29, 0.717) is 44.8 Å². The minimum Gasteiger partial charge on any atom is -0.350 e. The van der Waals surface area contributed by atoms with Crippen molar-refractivity contribution >= 4 is 46.2 Å². The highest BCUT2D eigenvalue weighted by molar-refractivity contribution is 6.42. The highest BCUT2D eigenvalue weighted by Gasteiger charge is 2.16. The summed E-state index contributed by atoms with van der Waals surface area (Å²) in [6.45, 7) is 0.767. The van der Waals surface area contributed by atoms with Crippen molar-refractivity contribution in [2.24, 2.45) is 0 Å². The third-order valence-electron chi connectivity index (χ3n) is 5.71. The number of aromatic nitrogens is 5. The van der Waals surface area contributed by atoms with Crippen LogP contribution in [0.5, 0.6) is 0 Å². The Morgan fingerprint density at radius 3 is 2.55 bits per heavy atom. The van der Waals surface area contributed by atoms with E-state index in [1.807, 2.05) is 12.1 Å². The number of amides is 1. The van der Waals surface area contributed by atoms with Gasteiger partial charge in [-0.2, -0.15) is 4.98 Å². The summed E-state index contributed by atoms with van der Waals surface area (Å²) in [6.07, 6.45) is 4.75. The lowest BCUT2D eigenvalue weighted by atomic mass is 10.2. The van der Waals surface area contributed by atoms with Crippen LogP contribution in [0.4, 0.5) is 5.95 Å². The van der Waals surface area contributed by atoms with Crippen LogP contribution in [0.15, 0.2) is 84.0 Å². The molecule has 0 unspecified atom stereocenters. The number of anilines is 1. The van der Waals surface area contributed by atoms with Gasteiger partial charge < -0.3 is 10.6 Å². The van der Waals surface area contributed by atoms with Crippen LogP contribution >= 0.6 is 23.2 Å². The van der Waals surface area contributed by atoms with Crippen molar-refractivity contribution in [2.45, 2.75) is 13.1 Å². The predicted molar refractivity (Wildman–Crippen MR) is 147 cm³/mol. The lowest BCUT2D eigenvalue weighted by Crippen LogP contribution is -2.32. The van der Waals surface area contributed by atoms with E-state index in [2.05, 4.69) is 30.6 Å². The van der Waals surface area contributed by atoms with Crippen LogP contribution < -0.4 is 16.2 Å². The van der Waals surface area contributed by atoms with Gasteiger partial charge in [-0.05, 0) is 42.0 Å². The first-order valence-electron chi connectivity index (χ1n) is 11.7. The maximum atomic E-state index is 13.5. The normalized spacial score (nSPS) is 10.9. The standard InChI is InChI=1S/C27H21Cl2N7O2/c28-20-9-8-17(13-21(20)29)14-32-27-33-16-22-24(35-27)36(12-11-31-25(37)18-5-2-1-3-6-18)26(38)23(34-22)19-7-4-10-30-15-19/h1-10,13,15-16H,11-12,14H2,(H,31,37)(H,32,33,35). The molecule has 0 saturated heterocycles. The van der Waals surface area contributed by atoms with Gasteiger partial charge in [-0.25, -0.2) is 9.97 Å². The molecule has 0 aliphatic rings. The predicted octanol–water partition coefficient (Wildman–Crippen LogP) is 4.60. The summed E-state index contributed by atoms with van der Waals surface area (Å²) in [7, 11) is 0. The molecular weight excluding hydrogens is 525 g/mol. The molecule has 5 rings (SSSR count). The summed E-state index contributed by atoms with van der Waals surface area (Å²) in [5.41, 5.74) is 2.62. The van der Waals surface area contributed by atoms with Gasteiger partial charge in [0, 0.05) is 43.2 Å². The monoisotopic (exact) mass is 545 g/mol. The van der Waals surface area contributed by atoms with Gasteiger partial charge in [0.1, 0.15) is 11.2 Å². The Kier molecular flexibility index (Phi) is 7.57. The number of benzene rings is 2. The van der Waals surface area contributed by atoms with Gasteiger partial charge in [0.15, 0.2) is 5.65 Å². The minimum atomic E-state index is -0.353. The first-order chi connectivity index (χ1) is 18.5. The Balaban J connectivity index is 1.45. The molecule has 9 nitrogen and oxygen atoms in total. The number of fused-ring (bicyclic) bond motifs is 1. The smallest absolute Gasteiger partial charge is 0.278 e. The summed E-state index contributed by atoms with van der Waals surface area (Å²) < 4.78 is 1.49. The van der Waals surface area contributed by atoms with Gasteiger partial charge in [-0.3, -0.25) is 19.1 Å². The van der Waals surface area contributed by atoms with Gasteiger partial charge in [-0.15, -0.1) is 0 Å². The summed E-state index contributed by atoms with van der Waals surface area (Å²) in [5.74, 6) is 0.0732. The molecule has 1 amide bonds. The quantitative estimate of drug-likeness (QED) is 0.293. The number of hydrogen-bond donors (Lipinski definition) is 2. The molecule has 11 heteroatoms. The fourth-order valence-electron chi connectivity index (χ4n) is 3.82. The van der Waals surface area contributed by atoms with E-state index in [0.717, 1.165) is 5.56 Å². The fraction of sp³-hybridized carbons (Fsp3) is 0.111. The Morgan fingerprint density at radius 1 is 0.947 bits per heavy atom. The van der Waals surface area contributed by atoms with Crippen LogP contribution in [0.1, 0.15) is 15.9 Å². The molecule has 0 saturated carbocycles. The summed E-state index contributed by atoms with van der Waals surface area (Å²) in [6, 6.07) is 17.7. The minimum absolute atomic E-state index is 0.174. The molecule has 2 N–H and O–H groups in total. The van der Waals surface area contributed by atoms with E-state index in [4.69, 9.17) is 23.2 Å². The third kappa shape index (κ3) is 5.64. The van der Waals surface area contributed by atoms with Crippen LogP contribution in [0.2, 0.25) is 10.0 Å². The van der Waals surface area contributed by atoms with E-state index in [-0.39, 0.29) is 30.2 Å². The summed E-state index contributed by atoms with van der Waals surface area (Å²) in [4.78, 5) is 43.6. The van der Waals surface area contributed by atoms with E-state index in [9.17, 15) is 9.59 Å². The second-order valence-corrected chi connectivity index (χ2v) is 9.10. The third-order valence-corrected chi connectivity index (χ3v) is 6.45. The average molecular weight is 546 g/mol.